The third-order valence-corrected chi connectivity index (χ3v) is 6.33. The van der Waals surface area contributed by atoms with E-state index >= 15 is 0 Å². The Morgan fingerprint density at radius 2 is 1.79 bits per heavy atom. The Kier molecular flexibility index (Phi) is 5.79. The van der Waals surface area contributed by atoms with Crippen molar-refractivity contribution in [1.29, 1.82) is 0 Å². The molecule has 0 aliphatic carbocycles. The molecule has 6 heteroatoms. The molecule has 0 fully saturated rings. The molecule has 0 spiro atoms. The average molecular weight is 401 g/mol. The second-order valence-electron chi connectivity index (χ2n) is 7.55. The van der Waals surface area contributed by atoms with Gasteiger partial charge in [-0.05, 0) is 68.0 Å². The van der Waals surface area contributed by atoms with Crippen LogP contribution in [0.15, 0.2) is 42.5 Å². The fraction of sp³-hybridized carbons (Fsp3) is 0.409. The Balaban J connectivity index is 2.05. The Hall–Kier alpha value is -2.34. The highest BCUT2D eigenvalue weighted by molar-refractivity contribution is 7.92. The molecule has 0 radical (unpaired) electrons. The van der Waals surface area contributed by atoms with Crippen molar-refractivity contribution in [3.8, 4) is 0 Å². The molecule has 1 aliphatic heterocycles. The summed E-state index contributed by atoms with van der Waals surface area (Å²) in [5.74, 6) is -0.167. The number of benzene rings is 2. The minimum Gasteiger partial charge on any atom is -0.310 e. The van der Waals surface area contributed by atoms with Crippen LogP contribution in [0.25, 0.3) is 0 Å². The van der Waals surface area contributed by atoms with Gasteiger partial charge < -0.3 is 4.90 Å². The predicted molar refractivity (Wildman–Crippen MR) is 114 cm³/mol. The van der Waals surface area contributed by atoms with Gasteiger partial charge in [0.1, 0.15) is 6.04 Å². The molecule has 0 saturated heterocycles. The molecule has 0 N–H and O–H groups in total. The van der Waals surface area contributed by atoms with Gasteiger partial charge in [0.05, 0.1) is 11.9 Å². The van der Waals surface area contributed by atoms with Gasteiger partial charge in [-0.3, -0.25) is 9.10 Å². The van der Waals surface area contributed by atoms with Gasteiger partial charge in [-0.25, -0.2) is 8.42 Å². The van der Waals surface area contributed by atoms with Crippen LogP contribution >= 0.6 is 0 Å². The van der Waals surface area contributed by atoms with Crippen molar-refractivity contribution in [1.82, 2.24) is 0 Å². The van der Waals surface area contributed by atoms with Crippen LogP contribution in [0.4, 0.5) is 11.4 Å². The maximum atomic E-state index is 13.5. The van der Waals surface area contributed by atoms with Crippen molar-refractivity contribution in [3.05, 3.63) is 59.2 Å². The molecule has 1 heterocycles. The van der Waals surface area contributed by atoms with Crippen LogP contribution in [-0.2, 0) is 21.2 Å². The summed E-state index contributed by atoms with van der Waals surface area (Å²) in [4.78, 5) is 15.3. The molecule has 1 unspecified atom stereocenters. The SMILES string of the molecule is CCC(C(=O)N1CCCc2ccccc21)N(c1cc(C)cc(C)c1)S(C)(=O)=O. The normalized spacial score (nSPS) is 15.1. The quantitative estimate of drug-likeness (QED) is 0.766. The summed E-state index contributed by atoms with van der Waals surface area (Å²) >= 11 is 0. The zero-order valence-corrected chi connectivity index (χ0v) is 17.8. The van der Waals surface area contributed by atoms with Gasteiger partial charge in [0.2, 0.25) is 10.0 Å². The number of para-hydroxylation sites is 1. The third kappa shape index (κ3) is 4.07. The number of carbonyl (C=O) groups excluding carboxylic acids is 1. The second kappa shape index (κ2) is 7.95. The first-order valence-electron chi connectivity index (χ1n) is 9.69. The average Bonchev–Trinajstić information content (AvgIpc) is 2.63. The molecule has 1 atom stereocenters. The molecular formula is C22H28N2O3S. The first-order chi connectivity index (χ1) is 13.2. The van der Waals surface area contributed by atoms with Gasteiger partial charge in [-0.2, -0.15) is 0 Å². The van der Waals surface area contributed by atoms with E-state index in [1.807, 2.05) is 63.2 Å². The number of amides is 1. The Labute approximate surface area is 168 Å². The molecule has 3 rings (SSSR count). The van der Waals surface area contributed by atoms with Crippen molar-refractivity contribution >= 4 is 27.3 Å². The number of sulfonamides is 1. The monoisotopic (exact) mass is 400 g/mol. The number of fused-ring (bicyclic) bond motifs is 1. The van der Waals surface area contributed by atoms with E-state index in [1.165, 1.54) is 10.6 Å². The van der Waals surface area contributed by atoms with E-state index in [2.05, 4.69) is 0 Å². The van der Waals surface area contributed by atoms with Crippen molar-refractivity contribution in [2.24, 2.45) is 0 Å². The number of hydrogen-bond donors (Lipinski definition) is 0. The van der Waals surface area contributed by atoms with Crippen LogP contribution in [0.5, 0.6) is 0 Å². The maximum Gasteiger partial charge on any atom is 0.250 e. The Morgan fingerprint density at radius 1 is 1.14 bits per heavy atom. The summed E-state index contributed by atoms with van der Waals surface area (Å²) in [6.45, 7) is 6.33. The molecule has 28 heavy (non-hydrogen) atoms. The van der Waals surface area contributed by atoms with Crippen LogP contribution in [0.3, 0.4) is 0 Å². The molecule has 0 saturated carbocycles. The van der Waals surface area contributed by atoms with E-state index in [9.17, 15) is 13.2 Å². The summed E-state index contributed by atoms with van der Waals surface area (Å²) in [6.07, 6.45) is 3.38. The molecule has 1 aliphatic rings. The summed E-state index contributed by atoms with van der Waals surface area (Å²) in [5, 5.41) is 0. The summed E-state index contributed by atoms with van der Waals surface area (Å²) in [6, 6.07) is 12.7. The molecule has 2 aromatic rings. The van der Waals surface area contributed by atoms with Gasteiger partial charge in [0.15, 0.2) is 0 Å². The number of aryl methyl sites for hydroxylation is 3. The highest BCUT2D eigenvalue weighted by atomic mass is 32.2. The number of hydrogen-bond acceptors (Lipinski definition) is 3. The fourth-order valence-corrected chi connectivity index (χ4v) is 5.25. The molecule has 1 amide bonds. The molecule has 2 aromatic carbocycles. The lowest BCUT2D eigenvalue weighted by Gasteiger charge is -2.36. The number of anilines is 2. The van der Waals surface area contributed by atoms with E-state index in [1.54, 1.807) is 4.90 Å². The van der Waals surface area contributed by atoms with Crippen LogP contribution in [0.1, 0.15) is 36.5 Å². The predicted octanol–water partition coefficient (Wildman–Crippen LogP) is 3.83. The summed E-state index contributed by atoms with van der Waals surface area (Å²) in [7, 11) is -3.64. The molecule has 0 aromatic heterocycles. The van der Waals surface area contributed by atoms with E-state index in [4.69, 9.17) is 0 Å². The van der Waals surface area contributed by atoms with Crippen molar-refractivity contribution in [2.75, 3.05) is 22.0 Å². The maximum absolute atomic E-state index is 13.5. The highest BCUT2D eigenvalue weighted by Crippen LogP contribution is 2.31. The Bertz CT molecular complexity index is 965. The van der Waals surface area contributed by atoms with E-state index in [0.717, 1.165) is 35.2 Å². The van der Waals surface area contributed by atoms with Crippen molar-refractivity contribution < 1.29 is 13.2 Å². The minimum atomic E-state index is -3.64. The highest BCUT2D eigenvalue weighted by Gasteiger charge is 2.36. The number of carbonyl (C=O) groups is 1. The van der Waals surface area contributed by atoms with Gasteiger partial charge in [-0.15, -0.1) is 0 Å². The van der Waals surface area contributed by atoms with Gasteiger partial charge in [0, 0.05) is 12.2 Å². The lowest BCUT2D eigenvalue weighted by molar-refractivity contribution is -0.119. The molecule has 150 valence electrons. The van der Waals surface area contributed by atoms with Crippen LogP contribution < -0.4 is 9.21 Å². The fourth-order valence-electron chi connectivity index (χ4n) is 4.06. The van der Waals surface area contributed by atoms with Crippen LogP contribution in [0.2, 0.25) is 0 Å². The number of nitrogens with zero attached hydrogens (tertiary/aromatic N) is 2. The zero-order chi connectivity index (χ0) is 20.5. The topological polar surface area (TPSA) is 57.7 Å². The number of rotatable bonds is 5. The smallest absolute Gasteiger partial charge is 0.250 e. The van der Waals surface area contributed by atoms with E-state index in [-0.39, 0.29) is 5.91 Å². The molecular weight excluding hydrogens is 372 g/mol. The third-order valence-electron chi connectivity index (χ3n) is 5.15. The standard InChI is InChI=1S/C22H28N2O3S/c1-5-20(22(25)23-12-8-10-18-9-6-7-11-21(18)23)24(28(4,26)27)19-14-16(2)13-17(3)15-19/h6-7,9,11,13-15,20H,5,8,10,12H2,1-4H3. The Morgan fingerprint density at radius 3 is 2.39 bits per heavy atom. The first kappa shape index (κ1) is 20.4. The van der Waals surface area contributed by atoms with Crippen LogP contribution in [0, 0.1) is 13.8 Å². The van der Waals surface area contributed by atoms with E-state index < -0.39 is 16.1 Å². The largest absolute Gasteiger partial charge is 0.310 e. The van der Waals surface area contributed by atoms with Crippen molar-refractivity contribution in [3.63, 3.8) is 0 Å². The molecule has 5 nitrogen and oxygen atoms in total. The molecule has 0 bridgehead atoms. The first-order valence-corrected chi connectivity index (χ1v) is 11.5. The summed E-state index contributed by atoms with van der Waals surface area (Å²) < 4.78 is 26.8. The minimum absolute atomic E-state index is 0.167. The van der Waals surface area contributed by atoms with Gasteiger partial charge in [0.25, 0.3) is 5.91 Å². The zero-order valence-electron chi connectivity index (χ0n) is 17.0. The van der Waals surface area contributed by atoms with Gasteiger partial charge >= 0.3 is 0 Å². The van der Waals surface area contributed by atoms with Gasteiger partial charge in [-0.1, -0.05) is 31.2 Å². The lowest BCUT2D eigenvalue weighted by Crippen LogP contribution is -2.52. The lowest BCUT2D eigenvalue weighted by atomic mass is 10.0. The second-order valence-corrected chi connectivity index (χ2v) is 9.41. The van der Waals surface area contributed by atoms with E-state index in [0.29, 0.717) is 18.7 Å². The van der Waals surface area contributed by atoms with Crippen molar-refractivity contribution in [2.45, 2.75) is 46.1 Å². The summed E-state index contributed by atoms with van der Waals surface area (Å²) in [5.41, 5.74) is 4.51. The van der Waals surface area contributed by atoms with Crippen LogP contribution in [-0.4, -0.2) is 33.2 Å².